The molecule has 0 saturated heterocycles. The van der Waals surface area contributed by atoms with E-state index in [4.69, 9.17) is 9.97 Å². The largest absolute Gasteiger partial charge is 0.223 e. The first-order valence-corrected chi connectivity index (χ1v) is 23.2. The fourth-order valence-electron chi connectivity index (χ4n) is 9.22. The molecule has 0 aliphatic carbocycles. The van der Waals surface area contributed by atoms with Crippen LogP contribution in [0.4, 0.5) is 8.78 Å². The summed E-state index contributed by atoms with van der Waals surface area (Å²) in [5, 5.41) is 4.15. The number of hydrogen-bond acceptors (Lipinski definition) is 4. The van der Waals surface area contributed by atoms with E-state index in [9.17, 15) is 8.78 Å². The Kier molecular flexibility index (Phi) is 10.1. The molecule has 0 fully saturated rings. The molecule has 0 bridgehead atoms. The second-order valence-corrected chi connectivity index (χ2v) is 27.5. The smallest absolute Gasteiger partial charge is 0.199 e. The van der Waals surface area contributed by atoms with Crippen molar-refractivity contribution in [2.24, 2.45) is 0 Å². The molecule has 4 aromatic carbocycles. The van der Waals surface area contributed by atoms with Crippen molar-refractivity contribution in [1.29, 1.82) is 0 Å². The molecule has 0 spiro atoms. The van der Waals surface area contributed by atoms with Crippen LogP contribution in [0.1, 0.15) is 94.2 Å². The van der Waals surface area contributed by atoms with Crippen LogP contribution in [0.25, 0.3) is 54.9 Å². The van der Waals surface area contributed by atoms with Crippen molar-refractivity contribution in [3.05, 3.63) is 71.3 Å². The Morgan fingerprint density at radius 2 is 0.808 bits per heavy atom. The van der Waals surface area contributed by atoms with Crippen LogP contribution in [-0.2, 0) is 0 Å². The van der Waals surface area contributed by atoms with Gasteiger partial charge in [-0.15, -0.1) is 11.1 Å². The van der Waals surface area contributed by atoms with Crippen molar-refractivity contribution in [2.45, 2.75) is 116 Å². The van der Waals surface area contributed by atoms with Crippen LogP contribution in [0, 0.1) is 34.6 Å². The summed E-state index contributed by atoms with van der Waals surface area (Å²) in [5.41, 5.74) is 14.3. The molecule has 0 atom stereocenters. The Labute approximate surface area is 309 Å². The van der Waals surface area contributed by atoms with Crippen LogP contribution in [-0.4, -0.2) is 36.1 Å². The van der Waals surface area contributed by atoms with Gasteiger partial charge in [-0.1, -0.05) is 119 Å². The molecule has 0 amide bonds. The first-order valence-electron chi connectivity index (χ1n) is 18.7. The van der Waals surface area contributed by atoms with Gasteiger partial charge in [0.2, 0.25) is 0 Å². The molecule has 6 rings (SSSR count). The van der Waals surface area contributed by atoms with E-state index in [1.807, 2.05) is 0 Å². The molecule has 0 radical (unpaired) electrons. The van der Waals surface area contributed by atoms with E-state index in [2.05, 4.69) is 152 Å². The number of hydrogen-bond donors (Lipinski definition) is 0. The van der Waals surface area contributed by atoms with Crippen molar-refractivity contribution in [1.82, 2.24) is 19.9 Å². The lowest BCUT2D eigenvalue weighted by molar-refractivity contribution is 0.510. The van der Waals surface area contributed by atoms with Gasteiger partial charge in [0, 0.05) is 22.9 Å². The van der Waals surface area contributed by atoms with Crippen LogP contribution in [0.5, 0.6) is 0 Å². The van der Waals surface area contributed by atoms with Gasteiger partial charge in [0.1, 0.15) is 27.2 Å². The number of rotatable bonds is 6. The summed E-state index contributed by atoms with van der Waals surface area (Å²) >= 11 is 0. The summed E-state index contributed by atoms with van der Waals surface area (Å²) in [6, 6.07) is 14.9. The molecular weight excluding hydrogens is 679 g/mol. The first-order chi connectivity index (χ1) is 24.5. The Bertz CT molecular complexity index is 2280. The molecule has 0 N–H and O–H groups in total. The van der Waals surface area contributed by atoms with Gasteiger partial charge in [-0.2, -0.15) is 0 Å². The van der Waals surface area contributed by atoms with Gasteiger partial charge < -0.3 is 0 Å². The van der Waals surface area contributed by atoms with Crippen LogP contribution >= 0.6 is 0 Å². The Hall–Kier alpha value is -4.25. The lowest BCUT2D eigenvalue weighted by Crippen LogP contribution is -2.43. The Balaban J connectivity index is 1.86. The molecule has 52 heavy (non-hydrogen) atoms. The van der Waals surface area contributed by atoms with Gasteiger partial charge in [-0.3, -0.25) is 0 Å². The van der Waals surface area contributed by atoms with Crippen molar-refractivity contribution in [3.8, 4) is 22.9 Å². The number of nitrogens with zero attached hydrogens (tertiary/aromatic N) is 4. The predicted octanol–water partition coefficient (Wildman–Crippen LogP) is 12.4. The lowest BCUT2D eigenvalue weighted by Gasteiger charge is -2.38. The third kappa shape index (κ3) is 6.08. The zero-order valence-corrected chi connectivity index (χ0v) is 34.6. The quantitative estimate of drug-likeness (QED) is 0.0973. The molecule has 0 aliphatic rings. The molecule has 2 heterocycles. The zero-order chi connectivity index (χ0) is 37.9. The van der Waals surface area contributed by atoms with E-state index in [1.54, 1.807) is 0 Å². The van der Waals surface area contributed by atoms with Gasteiger partial charge in [-0.25, -0.2) is 28.7 Å². The molecule has 6 aromatic rings. The summed E-state index contributed by atoms with van der Waals surface area (Å²) in [5.74, 6) is 5.56. The molecule has 0 saturated carbocycles. The van der Waals surface area contributed by atoms with E-state index < -0.39 is 27.8 Å². The van der Waals surface area contributed by atoms with Gasteiger partial charge >= 0.3 is 0 Å². The highest BCUT2D eigenvalue weighted by Gasteiger charge is 2.43. The lowest BCUT2D eigenvalue weighted by atomic mass is 9.94. The second-order valence-electron chi connectivity index (χ2n) is 16.3. The number of aromatic nitrogens is 4. The summed E-state index contributed by atoms with van der Waals surface area (Å²) in [7, 11) is -4.34. The van der Waals surface area contributed by atoms with E-state index in [-0.39, 0.29) is 22.3 Å². The van der Waals surface area contributed by atoms with Crippen molar-refractivity contribution in [2.75, 3.05) is 0 Å². The topological polar surface area (TPSA) is 51.6 Å². The standard InChI is InChI=1S/C44H50F2N4Si2/c1-25(2)51(26(3)4,27(5)6)19-17-33-35-21-31-15-13-14-16-32(31)22-36(35)34(18-20-52(28(7)8,29(9)10)30(11)12)42-41(33)49-43-44(50-42)48-40-24-38(46)37(45)23-39(40)47-43/h13-16,21-30H,1-12H3. The third-order valence-electron chi connectivity index (χ3n) is 11.8. The van der Waals surface area contributed by atoms with Gasteiger partial charge in [0.25, 0.3) is 0 Å². The number of benzene rings is 4. The minimum absolute atomic E-state index is 0.215. The molecular formula is C44H50F2N4Si2. The van der Waals surface area contributed by atoms with Crippen LogP contribution in [0.15, 0.2) is 48.5 Å². The predicted molar refractivity (Wildman–Crippen MR) is 221 cm³/mol. The minimum atomic E-state index is -2.17. The second kappa shape index (κ2) is 14.0. The maximum atomic E-state index is 14.4. The summed E-state index contributed by atoms with van der Waals surface area (Å²) in [4.78, 5) is 19.7. The minimum Gasteiger partial charge on any atom is -0.223 e. The van der Waals surface area contributed by atoms with Crippen molar-refractivity contribution < 1.29 is 8.78 Å². The molecule has 2 aromatic heterocycles. The van der Waals surface area contributed by atoms with Crippen LogP contribution in [0.2, 0.25) is 33.2 Å². The zero-order valence-electron chi connectivity index (χ0n) is 32.6. The van der Waals surface area contributed by atoms with E-state index in [0.29, 0.717) is 44.3 Å². The third-order valence-corrected chi connectivity index (χ3v) is 24.3. The number of halogens is 2. The average Bonchev–Trinajstić information content (AvgIpc) is 3.06. The summed E-state index contributed by atoms with van der Waals surface area (Å²) < 4.78 is 28.7. The molecule has 0 unspecified atom stereocenters. The van der Waals surface area contributed by atoms with Crippen LogP contribution < -0.4 is 0 Å². The molecule has 268 valence electrons. The summed E-state index contributed by atoms with van der Waals surface area (Å²) in [6.45, 7) is 27.8. The van der Waals surface area contributed by atoms with Crippen molar-refractivity contribution >= 4 is 71.1 Å². The summed E-state index contributed by atoms with van der Waals surface area (Å²) in [6.07, 6.45) is 0. The average molecular weight is 729 g/mol. The highest BCUT2D eigenvalue weighted by atomic mass is 28.3. The molecule has 8 heteroatoms. The first kappa shape index (κ1) is 37.5. The molecule has 4 nitrogen and oxygen atoms in total. The Morgan fingerprint density at radius 3 is 1.12 bits per heavy atom. The fourth-order valence-corrected chi connectivity index (χ4v) is 19.6. The van der Waals surface area contributed by atoms with Gasteiger partial charge in [0.15, 0.2) is 22.9 Å². The van der Waals surface area contributed by atoms with E-state index in [0.717, 1.165) is 44.8 Å². The van der Waals surface area contributed by atoms with Gasteiger partial charge in [-0.05, 0) is 56.2 Å². The Morgan fingerprint density at radius 1 is 0.481 bits per heavy atom. The highest BCUT2D eigenvalue weighted by Crippen LogP contribution is 2.43. The fraction of sp³-hybridized carbons (Fsp3) is 0.409. The van der Waals surface area contributed by atoms with Gasteiger partial charge in [0.05, 0.1) is 22.2 Å². The van der Waals surface area contributed by atoms with Crippen LogP contribution in [0.3, 0.4) is 0 Å². The number of fused-ring (bicyclic) bond motifs is 5. The highest BCUT2D eigenvalue weighted by molar-refractivity contribution is 6.91. The van der Waals surface area contributed by atoms with Crippen molar-refractivity contribution in [3.63, 3.8) is 0 Å². The van der Waals surface area contributed by atoms with E-state index >= 15 is 0 Å². The molecule has 0 aliphatic heterocycles. The van der Waals surface area contributed by atoms with E-state index in [1.165, 1.54) is 0 Å². The SMILES string of the molecule is CC(C)[Si](C#Cc1c2cc3ccccc3cc2c(C#C[Si](C(C)C)(C(C)C)C(C)C)c2nc3nc4cc(F)c(F)cc4nc3nc12)(C(C)C)C(C)C. The maximum absolute atomic E-state index is 14.4. The maximum Gasteiger partial charge on any atom is 0.199 e. The monoisotopic (exact) mass is 728 g/mol. The normalized spacial score (nSPS) is 12.8.